The lowest BCUT2D eigenvalue weighted by Gasteiger charge is -2.24. The monoisotopic (exact) mass is 376 g/mol. The molecule has 26 heavy (non-hydrogen) atoms. The van der Waals surface area contributed by atoms with Gasteiger partial charge in [-0.25, -0.2) is 0 Å². The van der Waals surface area contributed by atoms with E-state index in [4.69, 9.17) is 21.8 Å². The predicted molar refractivity (Wildman–Crippen MR) is 106 cm³/mol. The fourth-order valence-electron chi connectivity index (χ4n) is 3.53. The van der Waals surface area contributed by atoms with Crippen LogP contribution in [-0.2, 0) is 6.54 Å². The van der Waals surface area contributed by atoms with Crippen LogP contribution >= 0.6 is 11.6 Å². The summed E-state index contributed by atoms with van der Waals surface area (Å²) in [5.74, 6) is 0. The molecule has 0 spiro atoms. The van der Waals surface area contributed by atoms with E-state index in [1.807, 2.05) is 23.1 Å². The van der Waals surface area contributed by atoms with Gasteiger partial charge in [-0.15, -0.1) is 0 Å². The van der Waals surface area contributed by atoms with Crippen LogP contribution in [0.4, 0.5) is 0 Å². The highest BCUT2D eigenvalue weighted by atomic mass is 35.5. The third-order valence-electron chi connectivity index (χ3n) is 4.68. The molecule has 2 aromatic carbocycles. The van der Waals surface area contributed by atoms with E-state index in [0.717, 1.165) is 21.8 Å². The number of aliphatic hydroxyl groups excluding tert-OH is 3. The van der Waals surface area contributed by atoms with Crippen molar-refractivity contribution in [1.82, 2.24) is 9.47 Å². The summed E-state index contributed by atoms with van der Waals surface area (Å²) in [5, 5.41) is 31.8. The van der Waals surface area contributed by atoms with E-state index in [0.29, 0.717) is 31.2 Å². The molecule has 140 valence electrons. The Labute approximate surface area is 158 Å². The molecule has 5 nitrogen and oxygen atoms in total. The van der Waals surface area contributed by atoms with Crippen LogP contribution in [0.1, 0.15) is 5.56 Å². The van der Waals surface area contributed by atoms with Crippen LogP contribution in [-0.4, -0.2) is 63.7 Å². The minimum atomic E-state index is -0.621. The van der Waals surface area contributed by atoms with Gasteiger partial charge in [0.25, 0.3) is 0 Å². The zero-order chi connectivity index (χ0) is 18.7. The fraction of sp³-hybridized carbons (Fsp3) is 0.400. The zero-order valence-corrected chi connectivity index (χ0v) is 15.7. The van der Waals surface area contributed by atoms with Crippen molar-refractivity contribution in [2.24, 2.45) is 0 Å². The maximum Gasteiger partial charge on any atom is 0.0846 e. The van der Waals surface area contributed by atoms with Crippen molar-refractivity contribution < 1.29 is 15.3 Å². The summed E-state index contributed by atoms with van der Waals surface area (Å²) in [7, 11) is 0. The Morgan fingerprint density at radius 3 is 2.27 bits per heavy atom. The highest BCUT2D eigenvalue weighted by Gasteiger charge is 2.16. The van der Waals surface area contributed by atoms with Crippen molar-refractivity contribution in [1.29, 1.82) is 0 Å². The molecule has 1 aromatic heterocycles. The summed E-state index contributed by atoms with van der Waals surface area (Å²) in [5.41, 5.74) is 3.27. The normalized spacial score (nSPS) is 13.2. The number of hydrogen-bond donors (Lipinski definition) is 3. The number of fused-ring (bicyclic) bond motifs is 3. The minimum Gasteiger partial charge on any atom is -0.395 e. The first kappa shape index (κ1) is 19.1. The number of aromatic nitrogens is 1. The highest BCUT2D eigenvalue weighted by Crippen LogP contribution is 2.32. The molecule has 0 saturated carbocycles. The van der Waals surface area contributed by atoms with Gasteiger partial charge < -0.3 is 19.9 Å². The van der Waals surface area contributed by atoms with E-state index in [2.05, 4.69) is 29.7 Å². The summed E-state index contributed by atoms with van der Waals surface area (Å²) in [6.07, 6.45) is -0.621. The standard InChI is InChI=1S/C20H25ClN2O3/c1-14-2-4-19-17(10-14)18-11-15(21)3-5-20(18)23(19)13-16(26)12-22(6-8-24)7-9-25/h2-5,10-11,16,24-26H,6-9,12-13H2,1H3. The van der Waals surface area contributed by atoms with Crippen molar-refractivity contribution >= 4 is 33.4 Å². The smallest absolute Gasteiger partial charge is 0.0846 e. The van der Waals surface area contributed by atoms with Crippen molar-refractivity contribution in [3.8, 4) is 0 Å². The topological polar surface area (TPSA) is 68.9 Å². The lowest BCUT2D eigenvalue weighted by Crippen LogP contribution is -2.38. The number of halogens is 1. The summed E-state index contributed by atoms with van der Waals surface area (Å²) in [6, 6.07) is 12.1. The molecule has 3 N–H and O–H groups in total. The van der Waals surface area contributed by atoms with Crippen molar-refractivity contribution in [2.45, 2.75) is 19.6 Å². The van der Waals surface area contributed by atoms with Gasteiger partial charge in [0.15, 0.2) is 0 Å². The minimum absolute atomic E-state index is 0.000122. The second kappa shape index (κ2) is 8.37. The molecule has 3 rings (SSSR count). The molecule has 1 unspecified atom stereocenters. The van der Waals surface area contributed by atoms with E-state index in [-0.39, 0.29) is 13.2 Å². The highest BCUT2D eigenvalue weighted by molar-refractivity contribution is 6.31. The molecule has 0 bridgehead atoms. The van der Waals surface area contributed by atoms with E-state index in [1.54, 1.807) is 0 Å². The number of hydrogen-bond acceptors (Lipinski definition) is 4. The van der Waals surface area contributed by atoms with Gasteiger partial charge >= 0.3 is 0 Å². The number of benzene rings is 2. The van der Waals surface area contributed by atoms with Crippen LogP contribution in [0.2, 0.25) is 5.02 Å². The predicted octanol–water partition coefficient (Wildman–Crippen LogP) is 2.40. The Balaban J connectivity index is 1.95. The van der Waals surface area contributed by atoms with Crippen molar-refractivity contribution in [3.63, 3.8) is 0 Å². The first-order chi connectivity index (χ1) is 12.5. The molecule has 1 heterocycles. The summed E-state index contributed by atoms with van der Waals surface area (Å²) in [6.45, 7) is 3.74. The van der Waals surface area contributed by atoms with Gasteiger partial charge in [0.2, 0.25) is 0 Å². The van der Waals surface area contributed by atoms with E-state index in [1.165, 1.54) is 5.56 Å². The molecular formula is C20H25ClN2O3. The van der Waals surface area contributed by atoms with E-state index >= 15 is 0 Å². The second-order valence-corrected chi connectivity index (χ2v) is 7.13. The fourth-order valence-corrected chi connectivity index (χ4v) is 3.70. The summed E-state index contributed by atoms with van der Waals surface area (Å²) in [4.78, 5) is 1.86. The van der Waals surface area contributed by atoms with Crippen LogP contribution in [0.15, 0.2) is 36.4 Å². The van der Waals surface area contributed by atoms with Crippen molar-refractivity contribution in [2.75, 3.05) is 32.8 Å². The summed E-state index contributed by atoms with van der Waals surface area (Å²) < 4.78 is 2.11. The number of aliphatic hydroxyl groups is 3. The molecule has 0 saturated heterocycles. The summed E-state index contributed by atoms with van der Waals surface area (Å²) >= 11 is 6.20. The molecule has 0 fully saturated rings. The number of aryl methyl sites for hydroxylation is 1. The number of nitrogens with zero attached hydrogens (tertiary/aromatic N) is 2. The molecule has 0 amide bonds. The van der Waals surface area contributed by atoms with Gasteiger partial charge in [-0.1, -0.05) is 23.2 Å². The van der Waals surface area contributed by atoms with Crippen LogP contribution in [0.25, 0.3) is 21.8 Å². The van der Waals surface area contributed by atoms with Crippen LogP contribution in [0, 0.1) is 6.92 Å². The molecule has 6 heteroatoms. The van der Waals surface area contributed by atoms with E-state index < -0.39 is 6.10 Å². The third-order valence-corrected chi connectivity index (χ3v) is 4.91. The Bertz CT molecular complexity index is 828. The maximum atomic E-state index is 10.6. The number of rotatable bonds is 8. The molecule has 0 aliphatic rings. The molecule has 0 radical (unpaired) electrons. The molecular weight excluding hydrogens is 352 g/mol. The Morgan fingerprint density at radius 2 is 1.62 bits per heavy atom. The van der Waals surface area contributed by atoms with Crippen LogP contribution < -0.4 is 0 Å². The molecule has 3 aromatic rings. The van der Waals surface area contributed by atoms with E-state index in [9.17, 15) is 5.11 Å². The van der Waals surface area contributed by atoms with Crippen molar-refractivity contribution in [3.05, 3.63) is 47.0 Å². The van der Waals surface area contributed by atoms with Crippen LogP contribution in [0.3, 0.4) is 0 Å². The average Bonchev–Trinajstić information content (AvgIpc) is 2.88. The first-order valence-electron chi connectivity index (χ1n) is 8.83. The lowest BCUT2D eigenvalue weighted by atomic mass is 10.1. The quantitative estimate of drug-likeness (QED) is 0.564. The molecule has 0 aliphatic carbocycles. The SMILES string of the molecule is Cc1ccc2c(c1)c1cc(Cl)ccc1n2CC(O)CN(CCO)CCO. The molecule has 0 aliphatic heterocycles. The second-order valence-electron chi connectivity index (χ2n) is 6.69. The largest absolute Gasteiger partial charge is 0.395 e. The Hall–Kier alpha value is -1.63. The van der Waals surface area contributed by atoms with Gasteiger partial charge in [0, 0.05) is 46.5 Å². The molecule has 1 atom stereocenters. The Morgan fingerprint density at radius 1 is 1.00 bits per heavy atom. The van der Waals surface area contributed by atoms with Gasteiger partial charge in [0.05, 0.1) is 25.9 Å². The zero-order valence-electron chi connectivity index (χ0n) is 14.9. The van der Waals surface area contributed by atoms with Crippen LogP contribution in [0.5, 0.6) is 0 Å². The first-order valence-corrected chi connectivity index (χ1v) is 9.21. The third kappa shape index (κ3) is 4.03. The lowest BCUT2D eigenvalue weighted by molar-refractivity contribution is 0.0787. The van der Waals surface area contributed by atoms with Gasteiger partial charge in [-0.2, -0.15) is 0 Å². The Kier molecular flexibility index (Phi) is 6.16. The van der Waals surface area contributed by atoms with Gasteiger partial charge in [-0.05, 0) is 37.3 Å². The van der Waals surface area contributed by atoms with Gasteiger partial charge in [0.1, 0.15) is 0 Å². The van der Waals surface area contributed by atoms with Gasteiger partial charge in [-0.3, -0.25) is 4.90 Å². The maximum absolute atomic E-state index is 10.6. The average molecular weight is 377 g/mol.